The molecule has 1 heterocycles. The molecule has 2 rings (SSSR count). The Balaban J connectivity index is 2.26. The number of hydrogen-bond donors (Lipinski definition) is 3. The van der Waals surface area contributed by atoms with Crippen LogP contribution in [0.2, 0.25) is 0 Å². The molecule has 104 valence electrons. The molecule has 1 aromatic rings. The lowest BCUT2D eigenvalue weighted by molar-refractivity contribution is -0.383. The van der Waals surface area contributed by atoms with E-state index in [-0.39, 0.29) is 23.4 Å². The van der Waals surface area contributed by atoms with Crippen LogP contribution in [0.3, 0.4) is 0 Å². The Bertz CT molecular complexity index is 466. The van der Waals surface area contributed by atoms with Crippen molar-refractivity contribution in [1.29, 1.82) is 0 Å². The first-order valence-corrected chi connectivity index (χ1v) is 6.36. The second kappa shape index (κ2) is 5.79. The highest BCUT2D eigenvalue weighted by molar-refractivity contribution is 5.69. The minimum Gasteiger partial charge on any atom is -0.361 e. The van der Waals surface area contributed by atoms with E-state index in [0.29, 0.717) is 5.92 Å². The number of aromatic nitrogens is 2. The maximum atomic E-state index is 11.1. The summed E-state index contributed by atoms with van der Waals surface area (Å²) in [5.74, 6) is 5.96. The Morgan fingerprint density at radius 1 is 1.37 bits per heavy atom. The zero-order valence-electron chi connectivity index (χ0n) is 10.8. The Hall–Kier alpha value is -1.96. The Morgan fingerprint density at radius 3 is 2.68 bits per heavy atom. The van der Waals surface area contributed by atoms with E-state index in [2.05, 4.69) is 27.6 Å². The minimum atomic E-state index is -0.523. The van der Waals surface area contributed by atoms with Gasteiger partial charge in [-0.15, -0.1) is 0 Å². The van der Waals surface area contributed by atoms with Crippen LogP contribution >= 0.6 is 0 Å². The second-order valence-corrected chi connectivity index (χ2v) is 4.83. The topological polar surface area (TPSA) is 119 Å². The maximum Gasteiger partial charge on any atom is 0.354 e. The van der Waals surface area contributed by atoms with Gasteiger partial charge in [0.25, 0.3) is 0 Å². The molecule has 1 fully saturated rings. The van der Waals surface area contributed by atoms with Gasteiger partial charge >= 0.3 is 5.69 Å². The lowest BCUT2D eigenvalue weighted by Gasteiger charge is -2.29. The summed E-state index contributed by atoms with van der Waals surface area (Å²) < 4.78 is 0. The van der Waals surface area contributed by atoms with E-state index >= 15 is 0 Å². The first-order chi connectivity index (χ1) is 9.13. The van der Waals surface area contributed by atoms with E-state index in [4.69, 9.17) is 5.84 Å². The normalized spacial score (nSPS) is 22.8. The molecule has 8 nitrogen and oxygen atoms in total. The van der Waals surface area contributed by atoms with Crippen molar-refractivity contribution in [2.24, 2.45) is 11.8 Å². The highest BCUT2D eigenvalue weighted by Crippen LogP contribution is 2.32. The van der Waals surface area contributed by atoms with Crippen LogP contribution in [0.25, 0.3) is 0 Å². The number of nitrogens with zero attached hydrogens (tertiary/aromatic N) is 3. The van der Waals surface area contributed by atoms with Crippen LogP contribution in [0, 0.1) is 16.0 Å². The van der Waals surface area contributed by atoms with Gasteiger partial charge in [0.1, 0.15) is 6.33 Å². The fraction of sp³-hybridized carbons (Fsp3) is 0.636. The van der Waals surface area contributed by atoms with E-state index in [9.17, 15) is 10.1 Å². The van der Waals surface area contributed by atoms with Crippen molar-refractivity contribution in [2.75, 3.05) is 10.7 Å². The first-order valence-electron chi connectivity index (χ1n) is 6.36. The molecule has 0 radical (unpaired) electrons. The summed E-state index contributed by atoms with van der Waals surface area (Å²) in [6, 6.07) is 0.202. The summed E-state index contributed by atoms with van der Waals surface area (Å²) >= 11 is 0. The van der Waals surface area contributed by atoms with Crippen LogP contribution in [-0.2, 0) is 0 Å². The molecule has 2 atom stereocenters. The van der Waals surface area contributed by atoms with Crippen LogP contribution in [0.1, 0.15) is 32.6 Å². The molecule has 0 amide bonds. The van der Waals surface area contributed by atoms with Gasteiger partial charge in [-0.25, -0.2) is 15.8 Å². The highest BCUT2D eigenvalue weighted by Gasteiger charge is 2.27. The minimum absolute atomic E-state index is 0.0194. The highest BCUT2D eigenvalue weighted by atomic mass is 16.6. The van der Waals surface area contributed by atoms with Gasteiger partial charge in [-0.05, 0) is 18.8 Å². The van der Waals surface area contributed by atoms with Gasteiger partial charge in [-0.3, -0.25) is 10.1 Å². The van der Waals surface area contributed by atoms with E-state index in [1.165, 1.54) is 12.7 Å². The monoisotopic (exact) mass is 266 g/mol. The predicted molar refractivity (Wildman–Crippen MR) is 71.5 cm³/mol. The molecule has 4 N–H and O–H groups in total. The molecule has 1 aliphatic carbocycles. The number of anilines is 2. The van der Waals surface area contributed by atoms with Gasteiger partial charge < -0.3 is 10.7 Å². The van der Waals surface area contributed by atoms with Crippen LogP contribution in [-0.4, -0.2) is 20.9 Å². The number of hydrazine groups is 1. The van der Waals surface area contributed by atoms with Gasteiger partial charge in [-0.2, -0.15) is 0 Å². The van der Waals surface area contributed by atoms with Crippen molar-refractivity contribution in [3.8, 4) is 0 Å². The molecule has 2 unspecified atom stereocenters. The third-order valence-corrected chi connectivity index (χ3v) is 3.58. The molecule has 19 heavy (non-hydrogen) atoms. The number of nitrogens with one attached hydrogen (secondary N) is 2. The van der Waals surface area contributed by atoms with Gasteiger partial charge in [0.15, 0.2) is 0 Å². The van der Waals surface area contributed by atoms with Crippen LogP contribution in [0.15, 0.2) is 6.33 Å². The average molecular weight is 266 g/mol. The van der Waals surface area contributed by atoms with E-state index < -0.39 is 4.92 Å². The van der Waals surface area contributed by atoms with E-state index in [1.807, 2.05) is 0 Å². The lowest BCUT2D eigenvalue weighted by Crippen LogP contribution is -2.31. The Morgan fingerprint density at radius 2 is 2.05 bits per heavy atom. The second-order valence-electron chi connectivity index (χ2n) is 4.83. The number of hydrogen-bond acceptors (Lipinski definition) is 7. The van der Waals surface area contributed by atoms with Crippen molar-refractivity contribution in [2.45, 2.75) is 38.6 Å². The third kappa shape index (κ3) is 2.90. The zero-order chi connectivity index (χ0) is 13.8. The average Bonchev–Trinajstić information content (AvgIpc) is 2.40. The third-order valence-electron chi connectivity index (χ3n) is 3.58. The number of nitrogens with two attached hydrogens (primary N) is 1. The molecular formula is C11H18N6O2. The quantitative estimate of drug-likeness (QED) is 0.430. The molecule has 0 aromatic carbocycles. The number of rotatable bonds is 4. The van der Waals surface area contributed by atoms with Gasteiger partial charge in [-0.1, -0.05) is 19.8 Å². The molecular weight excluding hydrogens is 248 g/mol. The Labute approximate surface area is 110 Å². The largest absolute Gasteiger partial charge is 0.361 e. The molecule has 1 saturated carbocycles. The summed E-state index contributed by atoms with van der Waals surface area (Å²) in [6.45, 7) is 2.14. The van der Waals surface area contributed by atoms with Crippen molar-refractivity contribution in [3.05, 3.63) is 16.4 Å². The Kier molecular flexibility index (Phi) is 4.10. The molecule has 8 heteroatoms. The molecule has 1 aliphatic rings. The van der Waals surface area contributed by atoms with Crippen LogP contribution < -0.4 is 16.6 Å². The van der Waals surface area contributed by atoms with Crippen LogP contribution in [0.4, 0.5) is 17.3 Å². The number of nitrogen functional groups attached to an aromatic ring is 1. The summed E-state index contributed by atoms with van der Waals surface area (Å²) in [5, 5.41) is 14.3. The summed E-state index contributed by atoms with van der Waals surface area (Å²) in [4.78, 5) is 18.3. The summed E-state index contributed by atoms with van der Waals surface area (Å²) in [5.41, 5.74) is 2.03. The summed E-state index contributed by atoms with van der Waals surface area (Å²) in [6.07, 6.45) is 5.72. The van der Waals surface area contributed by atoms with Crippen LogP contribution in [0.5, 0.6) is 0 Å². The SMILES string of the molecule is CC1CCCCC1Nc1ncnc(NN)c1[N+](=O)[O-]. The van der Waals surface area contributed by atoms with Crippen molar-refractivity contribution in [1.82, 2.24) is 9.97 Å². The molecule has 0 saturated heterocycles. The lowest BCUT2D eigenvalue weighted by atomic mass is 9.86. The van der Waals surface area contributed by atoms with Crippen molar-refractivity contribution >= 4 is 17.3 Å². The molecule has 0 spiro atoms. The molecule has 0 bridgehead atoms. The fourth-order valence-corrected chi connectivity index (χ4v) is 2.47. The predicted octanol–water partition coefficient (Wildman–Crippen LogP) is 1.66. The van der Waals surface area contributed by atoms with Gasteiger partial charge in [0, 0.05) is 6.04 Å². The van der Waals surface area contributed by atoms with Crippen molar-refractivity contribution < 1.29 is 4.92 Å². The van der Waals surface area contributed by atoms with E-state index in [1.54, 1.807) is 0 Å². The first kappa shape index (κ1) is 13.5. The number of nitro groups is 1. The summed E-state index contributed by atoms with van der Waals surface area (Å²) in [7, 11) is 0. The zero-order valence-corrected chi connectivity index (χ0v) is 10.8. The van der Waals surface area contributed by atoms with Gasteiger partial charge in [0.2, 0.25) is 11.6 Å². The molecule has 0 aliphatic heterocycles. The standard InChI is InChI=1S/C11H18N6O2/c1-7-4-2-3-5-8(7)15-10-9(17(18)19)11(16-12)14-6-13-10/h6-8H,2-5,12H2,1H3,(H2,13,14,15,16). The fourth-order valence-electron chi connectivity index (χ4n) is 2.47. The van der Waals surface area contributed by atoms with E-state index in [0.717, 1.165) is 19.3 Å². The van der Waals surface area contributed by atoms with Gasteiger partial charge in [0.05, 0.1) is 4.92 Å². The molecule has 1 aromatic heterocycles. The van der Waals surface area contributed by atoms with Crippen molar-refractivity contribution in [3.63, 3.8) is 0 Å². The smallest absolute Gasteiger partial charge is 0.354 e. The maximum absolute atomic E-state index is 11.1.